The third kappa shape index (κ3) is 47.8. The van der Waals surface area contributed by atoms with E-state index in [0.29, 0.717) is 19.3 Å². The molecule has 0 aromatic carbocycles. The molecule has 1 aliphatic heterocycles. The maximum absolute atomic E-state index is 13.2. The number of esters is 3. The van der Waals surface area contributed by atoms with Crippen molar-refractivity contribution in [2.75, 3.05) is 13.2 Å². The number of carboxylic acid groups (broad SMARTS) is 1. The molecule has 0 saturated carbocycles. The summed E-state index contributed by atoms with van der Waals surface area (Å²) >= 11 is 0. The summed E-state index contributed by atoms with van der Waals surface area (Å²) in [6.45, 7) is 5.85. The lowest BCUT2D eigenvalue weighted by atomic mass is 9.98. The van der Waals surface area contributed by atoms with E-state index in [0.717, 1.165) is 141 Å². The van der Waals surface area contributed by atoms with Crippen molar-refractivity contribution in [2.45, 2.75) is 327 Å². The molecule has 0 radical (unpaired) electrons. The van der Waals surface area contributed by atoms with Crippen molar-refractivity contribution >= 4 is 23.9 Å². The third-order valence-corrected chi connectivity index (χ3v) is 14.9. The number of aliphatic hydroxyl groups excluding tert-OH is 2. The summed E-state index contributed by atoms with van der Waals surface area (Å²) in [4.78, 5) is 51.4. The first-order valence-corrected chi connectivity index (χ1v) is 33.6. The van der Waals surface area contributed by atoms with Crippen molar-refractivity contribution in [3.8, 4) is 0 Å². The maximum Gasteiger partial charge on any atom is 0.335 e. The van der Waals surface area contributed by atoms with E-state index < -0.39 is 67.3 Å². The molecule has 83 heavy (non-hydrogen) atoms. The minimum atomic E-state index is -1.91. The van der Waals surface area contributed by atoms with Crippen molar-refractivity contribution in [2.24, 2.45) is 0 Å². The topological polar surface area (TPSA) is 175 Å². The molecule has 0 aromatic rings. The average Bonchev–Trinajstić information content (AvgIpc) is 3.58. The first-order chi connectivity index (χ1) is 40.6. The summed E-state index contributed by atoms with van der Waals surface area (Å²) in [5, 5.41) is 31.6. The second kappa shape index (κ2) is 58.3. The zero-order chi connectivity index (χ0) is 60.3. The molecule has 1 aliphatic rings. The molecular formula is C71H120O12. The summed E-state index contributed by atoms with van der Waals surface area (Å²) < 4.78 is 28.6. The molecule has 3 N–H and O–H groups in total. The summed E-state index contributed by atoms with van der Waals surface area (Å²) in [6.07, 6.45) is 63.8. The number of rotatable bonds is 57. The van der Waals surface area contributed by atoms with Crippen LogP contribution in [0.2, 0.25) is 0 Å². The van der Waals surface area contributed by atoms with Crippen LogP contribution < -0.4 is 0 Å². The van der Waals surface area contributed by atoms with E-state index in [2.05, 4.69) is 106 Å². The Bertz CT molecular complexity index is 1760. The molecule has 6 unspecified atom stereocenters. The van der Waals surface area contributed by atoms with Gasteiger partial charge in [0.1, 0.15) is 18.8 Å². The fraction of sp³-hybridized carbons (Fsp3) is 0.746. The average molecular weight is 1170 g/mol. The van der Waals surface area contributed by atoms with Crippen molar-refractivity contribution in [3.05, 3.63) is 85.1 Å². The lowest BCUT2D eigenvalue weighted by Crippen LogP contribution is -2.61. The van der Waals surface area contributed by atoms with Gasteiger partial charge in [-0.15, -0.1) is 0 Å². The van der Waals surface area contributed by atoms with Gasteiger partial charge in [-0.1, -0.05) is 241 Å². The zero-order valence-corrected chi connectivity index (χ0v) is 52.7. The standard InChI is InChI=1S/C71H120O12/c1-4-7-10-13-16-19-22-25-28-31-32-35-38-41-44-47-50-53-56-59-65(74)82-69-67(76)66(75)68(70(77)78)83-71(69)80-61-62(81-64(73)58-55-52-49-46-43-40-37-34-30-27-24-21-18-15-12-9-6-3)60-79-63(72)57-54-51-48-45-42-39-36-33-29-26-23-20-17-14-11-8-5-2/h8,11,16-21,25-30,62,66-69,71,75-76H,4-7,9-10,12-15,22-24,31-61H2,1-3H3,(H,77,78)/b11-8-,19-16-,20-17-,21-18-,28-25-,29-26-,30-27-. The van der Waals surface area contributed by atoms with Crippen LogP contribution in [0.15, 0.2) is 85.1 Å². The van der Waals surface area contributed by atoms with E-state index in [4.69, 9.17) is 23.7 Å². The highest BCUT2D eigenvalue weighted by atomic mass is 16.7. The van der Waals surface area contributed by atoms with E-state index >= 15 is 0 Å². The number of hydrogen-bond acceptors (Lipinski definition) is 11. The number of carbonyl (C=O) groups excluding carboxylic acids is 3. The SMILES string of the molecule is CC/C=C\C/C=C\C/C=C\CCCCCCCCCC(=O)OCC(COC1OC(C(=O)O)C(O)C(O)C1OC(=O)CCCCCCCCCCC/C=C\C/C=C\CCCCC)OC(=O)CCCCCCCCC/C=C\C/C=C\CCCCC. The van der Waals surface area contributed by atoms with E-state index in [9.17, 15) is 34.5 Å². The number of aliphatic hydroxyl groups is 2. The molecule has 12 heteroatoms. The number of allylic oxidation sites excluding steroid dienone is 14. The summed E-state index contributed by atoms with van der Waals surface area (Å²) in [5.74, 6) is -3.14. The van der Waals surface area contributed by atoms with E-state index in [1.807, 2.05) is 0 Å². The Balaban J connectivity index is 2.66. The minimum absolute atomic E-state index is 0.0517. The van der Waals surface area contributed by atoms with Crippen LogP contribution in [0.5, 0.6) is 0 Å². The number of carbonyl (C=O) groups is 4. The molecule has 6 atom stereocenters. The molecule has 0 aromatic heterocycles. The largest absolute Gasteiger partial charge is 0.479 e. The Kier molecular flexibility index (Phi) is 54.0. The molecular weight excluding hydrogens is 1040 g/mol. The van der Waals surface area contributed by atoms with Crippen LogP contribution in [0.4, 0.5) is 0 Å². The smallest absolute Gasteiger partial charge is 0.335 e. The van der Waals surface area contributed by atoms with Crippen LogP contribution in [0.1, 0.15) is 290 Å². The lowest BCUT2D eigenvalue weighted by molar-refractivity contribution is -0.301. The van der Waals surface area contributed by atoms with E-state index in [1.165, 1.54) is 89.9 Å². The van der Waals surface area contributed by atoms with Crippen LogP contribution in [0.25, 0.3) is 0 Å². The van der Waals surface area contributed by atoms with Gasteiger partial charge >= 0.3 is 23.9 Å². The fourth-order valence-corrected chi connectivity index (χ4v) is 9.80. The van der Waals surface area contributed by atoms with Gasteiger partial charge in [0.05, 0.1) is 6.61 Å². The van der Waals surface area contributed by atoms with Gasteiger partial charge in [0.2, 0.25) is 0 Å². The van der Waals surface area contributed by atoms with Gasteiger partial charge in [0.25, 0.3) is 0 Å². The van der Waals surface area contributed by atoms with Crippen LogP contribution in [0, 0.1) is 0 Å². The lowest BCUT2D eigenvalue weighted by Gasteiger charge is -2.40. The van der Waals surface area contributed by atoms with Crippen LogP contribution in [-0.4, -0.2) is 89.2 Å². The first-order valence-electron chi connectivity index (χ1n) is 33.6. The van der Waals surface area contributed by atoms with Gasteiger partial charge in [0, 0.05) is 19.3 Å². The highest BCUT2D eigenvalue weighted by molar-refractivity contribution is 5.74. The number of ether oxygens (including phenoxy) is 5. The molecule has 0 aliphatic carbocycles. The van der Waals surface area contributed by atoms with Crippen molar-refractivity contribution in [1.29, 1.82) is 0 Å². The molecule has 0 spiro atoms. The second-order valence-electron chi connectivity index (χ2n) is 22.7. The van der Waals surface area contributed by atoms with Gasteiger partial charge in [-0.25, -0.2) is 4.79 Å². The van der Waals surface area contributed by atoms with Gasteiger partial charge in [-0.05, 0) is 116 Å². The monoisotopic (exact) mass is 1160 g/mol. The molecule has 12 nitrogen and oxygen atoms in total. The summed E-state index contributed by atoms with van der Waals surface area (Å²) in [7, 11) is 0. The van der Waals surface area contributed by atoms with Gasteiger partial charge in [-0.3, -0.25) is 14.4 Å². The van der Waals surface area contributed by atoms with Gasteiger partial charge in [0.15, 0.2) is 24.6 Å². The number of unbranched alkanes of at least 4 members (excludes halogenated alkanes) is 29. The Labute approximate surface area is 505 Å². The molecule has 1 saturated heterocycles. The Hall–Kier alpha value is -4.10. The normalized spacial score (nSPS) is 18.1. The number of aliphatic carboxylic acids is 1. The van der Waals surface area contributed by atoms with Crippen LogP contribution in [0.3, 0.4) is 0 Å². The van der Waals surface area contributed by atoms with Crippen molar-refractivity contribution in [3.63, 3.8) is 0 Å². The third-order valence-electron chi connectivity index (χ3n) is 14.9. The van der Waals surface area contributed by atoms with E-state index in [-0.39, 0.29) is 25.9 Å². The maximum atomic E-state index is 13.2. The first kappa shape index (κ1) is 76.9. The quantitative estimate of drug-likeness (QED) is 0.0228. The number of carboxylic acids is 1. The predicted octanol–water partition coefficient (Wildman–Crippen LogP) is 18.2. The molecule has 476 valence electrons. The van der Waals surface area contributed by atoms with Crippen LogP contribution >= 0.6 is 0 Å². The minimum Gasteiger partial charge on any atom is -0.479 e. The predicted molar refractivity (Wildman–Crippen MR) is 340 cm³/mol. The fourth-order valence-electron chi connectivity index (χ4n) is 9.80. The summed E-state index contributed by atoms with van der Waals surface area (Å²) in [5.41, 5.74) is 0. The van der Waals surface area contributed by atoms with Gasteiger partial charge in [-0.2, -0.15) is 0 Å². The Morgan fingerprint density at radius 2 is 0.759 bits per heavy atom. The van der Waals surface area contributed by atoms with Crippen molar-refractivity contribution in [1.82, 2.24) is 0 Å². The van der Waals surface area contributed by atoms with E-state index in [1.54, 1.807) is 0 Å². The highest BCUT2D eigenvalue weighted by Crippen LogP contribution is 2.27. The van der Waals surface area contributed by atoms with Crippen LogP contribution in [-0.2, 0) is 42.9 Å². The molecule has 1 rings (SSSR count). The van der Waals surface area contributed by atoms with Gasteiger partial charge < -0.3 is 39.0 Å². The number of hydrogen-bond donors (Lipinski definition) is 3. The molecule has 1 fully saturated rings. The zero-order valence-electron chi connectivity index (χ0n) is 52.7. The highest BCUT2D eigenvalue weighted by Gasteiger charge is 2.50. The van der Waals surface area contributed by atoms with Crippen molar-refractivity contribution < 1.29 is 58.2 Å². The Morgan fingerprint density at radius 3 is 1.16 bits per heavy atom. The molecule has 0 bridgehead atoms. The Morgan fingerprint density at radius 1 is 0.410 bits per heavy atom. The molecule has 1 heterocycles. The second-order valence-corrected chi connectivity index (χ2v) is 22.7. The molecule has 0 amide bonds. The summed E-state index contributed by atoms with van der Waals surface area (Å²) in [6, 6.07) is 0.